The molecular formula is C25H26N4O6S. The van der Waals surface area contributed by atoms with Gasteiger partial charge in [0.2, 0.25) is 0 Å². The summed E-state index contributed by atoms with van der Waals surface area (Å²) in [5.74, 6) is -1.19. The summed E-state index contributed by atoms with van der Waals surface area (Å²) in [5.41, 5.74) is 7.43. The molecule has 3 rings (SSSR count). The maximum absolute atomic E-state index is 13.4. The number of carbonyl (C=O) groups is 3. The molecule has 0 aliphatic heterocycles. The van der Waals surface area contributed by atoms with Crippen molar-refractivity contribution in [3.8, 4) is 0 Å². The molecule has 0 radical (unpaired) electrons. The Morgan fingerprint density at radius 2 is 1.44 bits per heavy atom. The molecule has 10 nitrogen and oxygen atoms in total. The predicted octanol–water partition coefficient (Wildman–Crippen LogP) is 2.39. The van der Waals surface area contributed by atoms with E-state index in [1.54, 1.807) is 30.3 Å². The number of rotatable bonds is 10. The van der Waals surface area contributed by atoms with Crippen LogP contribution in [0.1, 0.15) is 21.5 Å². The van der Waals surface area contributed by atoms with Crippen LogP contribution in [0.5, 0.6) is 0 Å². The van der Waals surface area contributed by atoms with E-state index in [-0.39, 0.29) is 18.7 Å². The average Bonchev–Trinajstić information content (AvgIpc) is 2.85. The van der Waals surface area contributed by atoms with Gasteiger partial charge >= 0.3 is 16.3 Å². The average molecular weight is 511 g/mol. The van der Waals surface area contributed by atoms with E-state index in [4.69, 9.17) is 10.3 Å². The molecule has 36 heavy (non-hydrogen) atoms. The molecular weight excluding hydrogens is 484 g/mol. The minimum absolute atomic E-state index is 0.00131. The van der Waals surface area contributed by atoms with Crippen molar-refractivity contribution in [1.82, 2.24) is 10.2 Å². The lowest BCUT2D eigenvalue weighted by Gasteiger charge is -2.25. The van der Waals surface area contributed by atoms with Crippen LogP contribution in [0.3, 0.4) is 0 Å². The summed E-state index contributed by atoms with van der Waals surface area (Å²) in [6.45, 7) is 0.0209. The number of nitrogens with zero attached hydrogens (tertiary/aromatic N) is 1. The Labute approximate surface area is 209 Å². The molecule has 0 bridgehead atoms. The van der Waals surface area contributed by atoms with E-state index in [0.29, 0.717) is 17.5 Å². The number of benzene rings is 3. The summed E-state index contributed by atoms with van der Waals surface area (Å²) < 4.78 is 32.9. The van der Waals surface area contributed by atoms with Crippen LogP contribution >= 0.6 is 0 Å². The largest absolute Gasteiger partial charge is 0.357 e. The second-order valence-corrected chi connectivity index (χ2v) is 9.09. The van der Waals surface area contributed by atoms with Gasteiger partial charge < -0.3 is 11.1 Å². The van der Waals surface area contributed by atoms with Crippen LogP contribution in [0.2, 0.25) is 0 Å². The quantitative estimate of drug-likeness (QED) is 0.307. The zero-order valence-electron chi connectivity index (χ0n) is 19.2. The lowest BCUT2D eigenvalue weighted by atomic mass is 10.0. The van der Waals surface area contributed by atoms with Gasteiger partial charge in [-0.1, -0.05) is 60.7 Å². The Hall–Kier alpha value is -4.22. The maximum atomic E-state index is 13.4. The molecule has 3 aromatic carbocycles. The van der Waals surface area contributed by atoms with Crippen molar-refractivity contribution in [2.45, 2.75) is 18.9 Å². The maximum Gasteiger partial charge on any atom is 0.357 e. The van der Waals surface area contributed by atoms with Crippen LogP contribution < -0.4 is 15.8 Å². The third-order valence-electron chi connectivity index (χ3n) is 5.28. The van der Waals surface area contributed by atoms with Crippen LogP contribution in [0, 0.1) is 0 Å². The van der Waals surface area contributed by atoms with Gasteiger partial charge in [0.1, 0.15) is 6.04 Å². The number of imide groups is 1. The fourth-order valence-corrected chi connectivity index (χ4v) is 3.96. The Morgan fingerprint density at radius 1 is 0.861 bits per heavy atom. The fourth-order valence-electron chi connectivity index (χ4n) is 3.53. The SMILES string of the molecule is NC(=O)N(CCc1ccccc1)C(=O)[C@H](Cc1ccc(NS(=O)(=O)O)cc1)NC(=O)c1ccccc1. The second kappa shape index (κ2) is 12.0. The van der Waals surface area contributed by atoms with Crippen molar-refractivity contribution in [2.24, 2.45) is 5.73 Å². The standard InChI is InChI=1S/C25H26N4O6S/c26-25(32)29(16-15-18-7-3-1-4-8-18)24(31)22(27-23(30)20-9-5-2-6-10-20)17-19-11-13-21(14-12-19)28-36(33,34)35/h1-14,22,28H,15-17H2,(H2,26,32)(H,27,30)(H,33,34,35)/t22-/m0/s1. The van der Waals surface area contributed by atoms with E-state index in [0.717, 1.165) is 10.5 Å². The topological polar surface area (TPSA) is 159 Å². The molecule has 0 saturated heterocycles. The molecule has 0 aliphatic carbocycles. The van der Waals surface area contributed by atoms with E-state index in [9.17, 15) is 22.8 Å². The monoisotopic (exact) mass is 510 g/mol. The highest BCUT2D eigenvalue weighted by Gasteiger charge is 2.29. The predicted molar refractivity (Wildman–Crippen MR) is 134 cm³/mol. The lowest BCUT2D eigenvalue weighted by molar-refractivity contribution is -0.130. The first-order valence-electron chi connectivity index (χ1n) is 11.0. The Bertz CT molecular complexity index is 1300. The number of anilines is 1. The molecule has 3 aromatic rings. The van der Waals surface area contributed by atoms with Crippen molar-refractivity contribution in [3.63, 3.8) is 0 Å². The highest BCUT2D eigenvalue weighted by atomic mass is 32.2. The summed E-state index contributed by atoms with van der Waals surface area (Å²) in [4.78, 5) is 39.3. The number of primary amides is 1. The van der Waals surface area contributed by atoms with Gasteiger partial charge in [-0.15, -0.1) is 0 Å². The molecule has 0 aromatic heterocycles. The number of urea groups is 1. The molecule has 1 atom stereocenters. The minimum atomic E-state index is -4.44. The van der Waals surface area contributed by atoms with Crippen molar-refractivity contribution in [3.05, 3.63) is 102 Å². The Morgan fingerprint density at radius 3 is 2.00 bits per heavy atom. The molecule has 0 unspecified atom stereocenters. The van der Waals surface area contributed by atoms with E-state index < -0.39 is 34.2 Å². The molecule has 0 spiro atoms. The molecule has 0 saturated carbocycles. The van der Waals surface area contributed by atoms with Gasteiger partial charge in [0, 0.05) is 18.5 Å². The summed E-state index contributed by atoms with van der Waals surface area (Å²) in [6, 6.07) is 21.3. The van der Waals surface area contributed by atoms with E-state index in [1.807, 2.05) is 35.1 Å². The number of nitrogens with one attached hydrogen (secondary N) is 2. The van der Waals surface area contributed by atoms with Gasteiger partial charge in [-0.2, -0.15) is 8.42 Å². The van der Waals surface area contributed by atoms with E-state index in [2.05, 4.69) is 5.32 Å². The van der Waals surface area contributed by atoms with Gasteiger partial charge in [-0.05, 0) is 41.8 Å². The third kappa shape index (κ3) is 7.93. The van der Waals surface area contributed by atoms with Crippen LogP contribution in [-0.2, 0) is 27.9 Å². The smallest absolute Gasteiger partial charge is 0.351 e. The highest BCUT2D eigenvalue weighted by Crippen LogP contribution is 2.14. The number of nitrogens with two attached hydrogens (primary N) is 1. The first kappa shape index (κ1) is 26.4. The summed E-state index contributed by atoms with van der Waals surface area (Å²) in [5, 5.41) is 2.68. The van der Waals surface area contributed by atoms with Gasteiger partial charge in [0.05, 0.1) is 5.69 Å². The van der Waals surface area contributed by atoms with Crippen molar-refractivity contribution in [1.29, 1.82) is 0 Å². The highest BCUT2D eigenvalue weighted by molar-refractivity contribution is 7.87. The zero-order chi connectivity index (χ0) is 26.1. The van der Waals surface area contributed by atoms with E-state index in [1.165, 1.54) is 24.3 Å². The number of hydrogen-bond donors (Lipinski definition) is 4. The third-order valence-corrected chi connectivity index (χ3v) is 5.77. The van der Waals surface area contributed by atoms with Crippen molar-refractivity contribution >= 4 is 33.8 Å². The molecule has 4 amide bonds. The van der Waals surface area contributed by atoms with Gasteiger partial charge in [0.25, 0.3) is 11.8 Å². The molecule has 0 fully saturated rings. The molecule has 0 heterocycles. The Balaban J connectivity index is 1.82. The van der Waals surface area contributed by atoms with Gasteiger partial charge in [0.15, 0.2) is 0 Å². The molecule has 188 valence electrons. The lowest BCUT2D eigenvalue weighted by Crippen LogP contribution is -2.53. The summed E-state index contributed by atoms with van der Waals surface area (Å²) in [7, 11) is -4.44. The summed E-state index contributed by atoms with van der Waals surface area (Å²) in [6.07, 6.45) is 0.379. The molecule has 0 aliphatic rings. The normalized spacial score (nSPS) is 11.8. The first-order valence-corrected chi connectivity index (χ1v) is 12.4. The van der Waals surface area contributed by atoms with E-state index >= 15 is 0 Å². The minimum Gasteiger partial charge on any atom is -0.351 e. The van der Waals surface area contributed by atoms with Gasteiger partial charge in [-0.25, -0.2) is 4.79 Å². The number of carbonyl (C=O) groups excluding carboxylic acids is 3. The molecule has 5 N–H and O–H groups in total. The van der Waals surface area contributed by atoms with Crippen molar-refractivity contribution in [2.75, 3.05) is 11.3 Å². The van der Waals surface area contributed by atoms with Crippen LogP contribution in [-0.4, -0.2) is 48.3 Å². The fraction of sp³-hybridized carbons (Fsp3) is 0.160. The second-order valence-electron chi connectivity index (χ2n) is 7.93. The molecule has 11 heteroatoms. The zero-order valence-corrected chi connectivity index (χ0v) is 20.0. The van der Waals surface area contributed by atoms with Crippen LogP contribution in [0.25, 0.3) is 0 Å². The van der Waals surface area contributed by atoms with Crippen LogP contribution in [0.4, 0.5) is 10.5 Å². The summed E-state index contributed by atoms with van der Waals surface area (Å²) >= 11 is 0. The van der Waals surface area contributed by atoms with Crippen molar-refractivity contribution < 1.29 is 27.4 Å². The number of amides is 4. The van der Waals surface area contributed by atoms with Gasteiger partial charge in [-0.3, -0.25) is 23.8 Å². The van der Waals surface area contributed by atoms with Crippen LogP contribution in [0.15, 0.2) is 84.9 Å². The first-order chi connectivity index (χ1) is 17.1. The number of hydrogen-bond acceptors (Lipinski definition) is 5. The Kier molecular flexibility index (Phi) is 8.76.